The van der Waals surface area contributed by atoms with Crippen LogP contribution in [-0.4, -0.2) is 34.1 Å². The van der Waals surface area contributed by atoms with Gasteiger partial charge < -0.3 is 21.3 Å². The van der Waals surface area contributed by atoms with Gasteiger partial charge in [-0.15, -0.1) is 0 Å². The Kier molecular flexibility index (Phi) is 4.85. The lowest BCUT2D eigenvalue weighted by molar-refractivity contribution is -0.138. The van der Waals surface area contributed by atoms with Crippen LogP contribution in [0.15, 0.2) is 18.2 Å². The number of carboxylic acids is 2. The van der Waals surface area contributed by atoms with Crippen molar-refractivity contribution in [2.45, 2.75) is 12.5 Å². The monoisotopic (exact) mass is 286 g/mol. The maximum absolute atomic E-state index is 11.6. The first kappa shape index (κ1) is 14.9. The molecule has 0 aliphatic heterocycles. The van der Waals surface area contributed by atoms with E-state index in [0.29, 0.717) is 0 Å². The number of nitrogens with one attached hydrogen (secondary N) is 1. The van der Waals surface area contributed by atoms with Crippen molar-refractivity contribution in [1.82, 2.24) is 0 Å². The highest BCUT2D eigenvalue weighted by Crippen LogP contribution is 2.21. The van der Waals surface area contributed by atoms with E-state index in [-0.39, 0.29) is 16.3 Å². The summed E-state index contributed by atoms with van der Waals surface area (Å²) in [5.74, 6) is -3.28. The SMILES string of the molecule is NC(CC(=O)O)C(=O)Nc1ccc(Cl)cc1C(=O)O. The number of hydrogen-bond donors (Lipinski definition) is 4. The minimum atomic E-state index is -1.27. The molecule has 0 aliphatic carbocycles. The summed E-state index contributed by atoms with van der Waals surface area (Å²) in [5, 5.41) is 19.9. The predicted molar refractivity (Wildman–Crippen MR) is 67.3 cm³/mol. The maximum atomic E-state index is 11.6. The number of aliphatic carboxylic acids is 1. The van der Waals surface area contributed by atoms with Crippen molar-refractivity contribution in [3.05, 3.63) is 28.8 Å². The average molecular weight is 287 g/mol. The quantitative estimate of drug-likeness (QED) is 0.633. The molecule has 7 nitrogen and oxygen atoms in total. The van der Waals surface area contributed by atoms with Crippen LogP contribution in [0, 0.1) is 0 Å². The molecule has 0 radical (unpaired) electrons. The van der Waals surface area contributed by atoms with Gasteiger partial charge in [0.25, 0.3) is 0 Å². The molecule has 0 bridgehead atoms. The highest BCUT2D eigenvalue weighted by molar-refractivity contribution is 6.31. The first-order chi connectivity index (χ1) is 8.81. The first-order valence-corrected chi connectivity index (χ1v) is 5.50. The second-order valence-electron chi connectivity index (χ2n) is 3.69. The molecule has 0 aliphatic rings. The molecule has 1 atom stereocenters. The number of carboxylic acid groups (broad SMARTS) is 2. The Hall–Kier alpha value is -2.12. The molecule has 8 heteroatoms. The number of carbonyl (C=O) groups is 3. The summed E-state index contributed by atoms with van der Waals surface area (Å²) in [7, 11) is 0. The molecule has 1 unspecified atom stereocenters. The van der Waals surface area contributed by atoms with E-state index < -0.39 is 30.3 Å². The summed E-state index contributed by atoms with van der Waals surface area (Å²) in [6, 6.07) is 2.60. The van der Waals surface area contributed by atoms with Gasteiger partial charge >= 0.3 is 11.9 Å². The normalized spacial score (nSPS) is 11.7. The van der Waals surface area contributed by atoms with Crippen LogP contribution in [0.4, 0.5) is 5.69 Å². The van der Waals surface area contributed by atoms with E-state index in [1.54, 1.807) is 0 Å². The number of rotatable bonds is 5. The molecule has 0 heterocycles. The molecular formula is C11H11ClN2O5. The highest BCUT2D eigenvalue weighted by atomic mass is 35.5. The van der Waals surface area contributed by atoms with Crippen molar-refractivity contribution in [2.75, 3.05) is 5.32 Å². The molecule has 19 heavy (non-hydrogen) atoms. The van der Waals surface area contributed by atoms with Gasteiger partial charge in [-0.05, 0) is 18.2 Å². The first-order valence-electron chi connectivity index (χ1n) is 5.12. The van der Waals surface area contributed by atoms with E-state index in [2.05, 4.69) is 5.32 Å². The van der Waals surface area contributed by atoms with Crippen LogP contribution < -0.4 is 11.1 Å². The number of aromatic carboxylic acids is 1. The highest BCUT2D eigenvalue weighted by Gasteiger charge is 2.19. The van der Waals surface area contributed by atoms with Crippen molar-refractivity contribution in [2.24, 2.45) is 5.73 Å². The average Bonchev–Trinajstić information content (AvgIpc) is 2.30. The van der Waals surface area contributed by atoms with Gasteiger partial charge in [0.05, 0.1) is 23.7 Å². The number of amides is 1. The van der Waals surface area contributed by atoms with E-state index in [9.17, 15) is 14.4 Å². The zero-order chi connectivity index (χ0) is 14.6. The maximum Gasteiger partial charge on any atom is 0.337 e. The fourth-order valence-electron chi connectivity index (χ4n) is 1.31. The molecule has 102 valence electrons. The van der Waals surface area contributed by atoms with Crippen LogP contribution in [0.1, 0.15) is 16.8 Å². The van der Waals surface area contributed by atoms with Crippen molar-refractivity contribution >= 4 is 35.1 Å². The standard InChI is InChI=1S/C11H11ClN2O5/c12-5-1-2-8(6(3-5)11(18)19)14-10(17)7(13)4-9(15)16/h1-3,7H,4,13H2,(H,14,17)(H,15,16)(H,18,19). The minimum Gasteiger partial charge on any atom is -0.481 e. The van der Waals surface area contributed by atoms with Crippen molar-refractivity contribution in [3.63, 3.8) is 0 Å². The topological polar surface area (TPSA) is 130 Å². The number of halogens is 1. The third-order valence-electron chi connectivity index (χ3n) is 2.20. The van der Waals surface area contributed by atoms with E-state index >= 15 is 0 Å². The summed E-state index contributed by atoms with van der Waals surface area (Å²) >= 11 is 5.65. The Morgan fingerprint density at radius 3 is 2.47 bits per heavy atom. The van der Waals surface area contributed by atoms with Crippen molar-refractivity contribution in [1.29, 1.82) is 0 Å². The third kappa shape index (κ3) is 4.23. The molecule has 0 fully saturated rings. The Morgan fingerprint density at radius 1 is 1.32 bits per heavy atom. The number of hydrogen-bond acceptors (Lipinski definition) is 4. The van der Waals surface area contributed by atoms with E-state index in [0.717, 1.165) is 0 Å². The molecule has 0 spiro atoms. The minimum absolute atomic E-state index is 0.00254. The number of benzene rings is 1. The Morgan fingerprint density at radius 2 is 1.95 bits per heavy atom. The summed E-state index contributed by atoms with van der Waals surface area (Å²) in [5.41, 5.74) is 5.15. The van der Waals surface area contributed by atoms with E-state index in [1.165, 1.54) is 18.2 Å². The van der Waals surface area contributed by atoms with E-state index in [1.807, 2.05) is 0 Å². The molecule has 1 rings (SSSR count). The zero-order valence-electron chi connectivity index (χ0n) is 9.59. The second kappa shape index (κ2) is 6.17. The van der Waals surface area contributed by atoms with Crippen LogP contribution in [0.25, 0.3) is 0 Å². The van der Waals surface area contributed by atoms with Crippen molar-refractivity contribution in [3.8, 4) is 0 Å². The van der Waals surface area contributed by atoms with Gasteiger partial charge in [-0.3, -0.25) is 9.59 Å². The smallest absolute Gasteiger partial charge is 0.337 e. The molecule has 1 amide bonds. The second-order valence-corrected chi connectivity index (χ2v) is 4.13. The molecule has 0 saturated carbocycles. The number of anilines is 1. The van der Waals surface area contributed by atoms with Gasteiger partial charge in [0, 0.05) is 5.02 Å². The summed E-state index contributed by atoms with van der Waals surface area (Å²) in [6.45, 7) is 0. The summed E-state index contributed by atoms with van der Waals surface area (Å²) < 4.78 is 0. The fourth-order valence-corrected chi connectivity index (χ4v) is 1.48. The Bertz CT molecular complexity index is 532. The molecule has 0 aromatic heterocycles. The lowest BCUT2D eigenvalue weighted by Crippen LogP contribution is -2.37. The van der Waals surface area contributed by atoms with Gasteiger partial charge in [-0.1, -0.05) is 11.6 Å². The third-order valence-corrected chi connectivity index (χ3v) is 2.44. The van der Waals surface area contributed by atoms with E-state index in [4.69, 9.17) is 27.5 Å². The molecule has 0 saturated heterocycles. The number of carbonyl (C=O) groups excluding carboxylic acids is 1. The van der Waals surface area contributed by atoms with Gasteiger partial charge in [0.1, 0.15) is 0 Å². The van der Waals surface area contributed by atoms with Crippen LogP contribution in [0.2, 0.25) is 5.02 Å². The van der Waals surface area contributed by atoms with Gasteiger partial charge in [-0.2, -0.15) is 0 Å². The van der Waals surface area contributed by atoms with Crippen LogP contribution >= 0.6 is 11.6 Å². The molecule has 5 N–H and O–H groups in total. The lowest BCUT2D eigenvalue weighted by atomic mass is 10.1. The van der Waals surface area contributed by atoms with Crippen LogP contribution in [0.3, 0.4) is 0 Å². The molecule has 1 aromatic rings. The molecular weight excluding hydrogens is 276 g/mol. The Balaban J connectivity index is 2.90. The van der Waals surface area contributed by atoms with Gasteiger partial charge in [-0.25, -0.2) is 4.79 Å². The number of nitrogens with two attached hydrogens (primary N) is 1. The zero-order valence-corrected chi connectivity index (χ0v) is 10.3. The van der Waals surface area contributed by atoms with Crippen LogP contribution in [-0.2, 0) is 9.59 Å². The summed E-state index contributed by atoms with van der Waals surface area (Å²) in [6.07, 6.45) is -0.554. The lowest BCUT2D eigenvalue weighted by Gasteiger charge is -2.12. The molecule has 1 aromatic carbocycles. The predicted octanol–water partition coefficient (Wildman–Crippen LogP) is 0.779. The van der Waals surface area contributed by atoms with Gasteiger partial charge in [0.2, 0.25) is 5.91 Å². The van der Waals surface area contributed by atoms with Crippen LogP contribution in [0.5, 0.6) is 0 Å². The van der Waals surface area contributed by atoms with Gasteiger partial charge in [0.15, 0.2) is 0 Å². The Labute approximate surface area is 113 Å². The summed E-state index contributed by atoms with van der Waals surface area (Å²) in [4.78, 5) is 33.0. The largest absolute Gasteiger partial charge is 0.481 e. The van der Waals surface area contributed by atoms with Crippen molar-refractivity contribution < 1.29 is 24.6 Å². The fraction of sp³-hybridized carbons (Fsp3) is 0.182.